The molecular formula is C22H29F3O4. The maximum Gasteiger partial charge on any atom is 0.522 e. The van der Waals surface area contributed by atoms with Gasteiger partial charge in [0.15, 0.2) is 0 Å². The summed E-state index contributed by atoms with van der Waals surface area (Å²) in [6, 6.07) is 0. The Morgan fingerprint density at radius 2 is 1.38 bits per heavy atom. The number of ketones is 2. The third kappa shape index (κ3) is 3.18. The molecule has 5 aliphatic carbocycles. The number of hydrogen-bond acceptors (Lipinski definition) is 4. The molecule has 0 aliphatic heterocycles. The van der Waals surface area contributed by atoms with E-state index in [1.165, 1.54) is 0 Å². The highest BCUT2D eigenvalue weighted by molar-refractivity contribution is 5.92. The van der Waals surface area contributed by atoms with Gasteiger partial charge in [-0.3, -0.25) is 14.3 Å². The minimum atomic E-state index is -4.66. The number of methoxy groups -OCH3 is 1. The number of ether oxygens (including phenoxy) is 2. The third-order valence-electron chi connectivity index (χ3n) is 8.97. The summed E-state index contributed by atoms with van der Waals surface area (Å²) in [5, 5.41) is 0. The molecule has 0 aromatic carbocycles. The second-order valence-electron chi connectivity index (χ2n) is 9.97. The topological polar surface area (TPSA) is 52.6 Å². The summed E-state index contributed by atoms with van der Waals surface area (Å²) < 4.78 is 47.8. The number of alkyl halides is 3. The summed E-state index contributed by atoms with van der Waals surface area (Å²) in [5.41, 5.74) is 0. The minimum Gasteiger partial charge on any atom is -0.381 e. The van der Waals surface area contributed by atoms with Crippen LogP contribution in [0.25, 0.3) is 0 Å². The zero-order chi connectivity index (χ0) is 20.5. The van der Waals surface area contributed by atoms with Crippen molar-refractivity contribution in [2.24, 2.45) is 47.3 Å². The molecule has 7 heteroatoms. The second kappa shape index (κ2) is 7.04. The van der Waals surface area contributed by atoms with Gasteiger partial charge in [-0.1, -0.05) is 0 Å². The normalized spacial score (nSPS) is 49.4. The molecule has 0 aromatic rings. The van der Waals surface area contributed by atoms with E-state index >= 15 is 0 Å². The lowest BCUT2D eigenvalue weighted by Crippen LogP contribution is -2.39. The zero-order valence-electron chi connectivity index (χ0n) is 16.7. The summed E-state index contributed by atoms with van der Waals surface area (Å²) in [6.45, 7) is 0. The third-order valence-corrected chi connectivity index (χ3v) is 8.97. The predicted octanol–water partition coefficient (Wildman–Crippen LogP) is 4.16. The molecule has 10 atom stereocenters. The molecule has 5 aliphatic rings. The summed E-state index contributed by atoms with van der Waals surface area (Å²) in [7, 11) is 1.70. The fourth-order valence-electron chi connectivity index (χ4n) is 8.03. The smallest absolute Gasteiger partial charge is 0.381 e. The van der Waals surface area contributed by atoms with Crippen LogP contribution >= 0.6 is 0 Å². The van der Waals surface area contributed by atoms with E-state index in [2.05, 4.69) is 4.74 Å². The first-order chi connectivity index (χ1) is 13.8. The van der Waals surface area contributed by atoms with Crippen LogP contribution in [-0.2, 0) is 19.1 Å². The Labute approximate surface area is 168 Å². The van der Waals surface area contributed by atoms with Gasteiger partial charge < -0.3 is 4.74 Å². The molecule has 0 radical (unpaired) electrons. The lowest BCUT2D eigenvalue weighted by atomic mass is 9.63. The van der Waals surface area contributed by atoms with Crippen molar-refractivity contribution >= 4 is 11.6 Å². The highest BCUT2D eigenvalue weighted by Crippen LogP contribution is 2.62. The molecule has 0 bridgehead atoms. The molecule has 0 N–H and O–H groups in total. The van der Waals surface area contributed by atoms with Crippen LogP contribution < -0.4 is 0 Å². The summed E-state index contributed by atoms with van der Waals surface area (Å²) in [6.07, 6.45) is 0.0774. The number of carbonyl (C=O) groups excluding carboxylic acids is 2. The van der Waals surface area contributed by atoms with E-state index in [-0.39, 0.29) is 53.8 Å². The minimum absolute atomic E-state index is 0.0391. The number of rotatable bonds is 2. The van der Waals surface area contributed by atoms with Crippen LogP contribution in [0.2, 0.25) is 0 Å². The molecule has 0 spiro atoms. The lowest BCUT2D eigenvalue weighted by Gasteiger charge is -2.41. The van der Waals surface area contributed by atoms with Crippen LogP contribution in [-0.4, -0.2) is 37.2 Å². The van der Waals surface area contributed by atoms with Gasteiger partial charge in [0.1, 0.15) is 11.6 Å². The molecule has 4 nitrogen and oxygen atoms in total. The van der Waals surface area contributed by atoms with Crippen molar-refractivity contribution in [1.82, 2.24) is 0 Å². The molecule has 162 valence electrons. The Morgan fingerprint density at radius 3 is 2.10 bits per heavy atom. The van der Waals surface area contributed by atoms with Crippen molar-refractivity contribution in [2.45, 2.75) is 69.9 Å². The molecule has 0 aromatic heterocycles. The van der Waals surface area contributed by atoms with Crippen molar-refractivity contribution in [2.75, 3.05) is 7.11 Å². The molecule has 0 heterocycles. The number of fused-ring (bicyclic) bond motifs is 7. The molecule has 0 amide bonds. The van der Waals surface area contributed by atoms with Gasteiger partial charge in [0.25, 0.3) is 0 Å². The first-order valence-electron chi connectivity index (χ1n) is 11.1. The van der Waals surface area contributed by atoms with E-state index in [1.807, 2.05) is 0 Å². The maximum atomic E-state index is 13.5. The highest BCUT2D eigenvalue weighted by Gasteiger charge is 2.64. The molecule has 0 saturated heterocycles. The van der Waals surface area contributed by atoms with E-state index in [0.717, 1.165) is 32.1 Å². The van der Waals surface area contributed by atoms with Gasteiger partial charge in [-0.15, -0.1) is 13.2 Å². The predicted molar refractivity (Wildman–Crippen MR) is 96.6 cm³/mol. The summed E-state index contributed by atoms with van der Waals surface area (Å²) in [4.78, 5) is 26.6. The Hall–Kier alpha value is -0.950. The Bertz CT molecular complexity index is 692. The van der Waals surface area contributed by atoms with E-state index in [4.69, 9.17) is 4.74 Å². The Kier molecular flexibility index (Phi) is 4.85. The van der Waals surface area contributed by atoms with Gasteiger partial charge in [-0.2, -0.15) is 0 Å². The van der Waals surface area contributed by atoms with Gasteiger partial charge in [-0.05, 0) is 75.0 Å². The van der Waals surface area contributed by atoms with Crippen LogP contribution in [0, 0.1) is 47.3 Å². The lowest BCUT2D eigenvalue weighted by molar-refractivity contribution is -0.346. The average Bonchev–Trinajstić information content (AvgIpc) is 3.12. The first-order valence-corrected chi connectivity index (χ1v) is 11.1. The van der Waals surface area contributed by atoms with Crippen LogP contribution in [0.1, 0.15) is 51.4 Å². The van der Waals surface area contributed by atoms with Gasteiger partial charge in [0, 0.05) is 30.8 Å². The van der Waals surface area contributed by atoms with Crippen molar-refractivity contribution in [3.8, 4) is 0 Å². The van der Waals surface area contributed by atoms with Gasteiger partial charge in [0.05, 0.1) is 12.2 Å². The summed E-state index contributed by atoms with van der Waals surface area (Å²) >= 11 is 0. The summed E-state index contributed by atoms with van der Waals surface area (Å²) in [5.74, 6) is 0.726. The van der Waals surface area contributed by atoms with Crippen LogP contribution in [0.5, 0.6) is 0 Å². The fourth-order valence-corrected chi connectivity index (χ4v) is 8.03. The van der Waals surface area contributed by atoms with Gasteiger partial charge in [-0.25, -0.2) is 0 Å². The van der Waals surface area contributed by atoms with Crippen molar-refractivity contribution in [3.05, 3.63) is 0 Å². The Balaban J connectivity index is 1.38. The number of Topliss-reactive ketones (excluding diaryl/α,β-unsaturated/α-hetero) is 2. The number of carbonyl (C=O) groups is 2. The quantitative estimate of drug-likeness (QED) is 0.681. The van der Waals surface area contributed by atoms with Gasteiger partial charge >= 0.3 is 6.36 Å². The van der Waals surface area contributed by atoms with E-state index < -0.39 is 12.5 Å². The number of halogens is 3. The van der Waals surface area contributed by atoms with Crippen molar-refractivity contribution < 1.29 is 32.2 Å². The zero-order valence-corrected chi connectivity index (χ0v) is 16.7. The van der Waals surface area contributed by atoms with Gasteiger partial charge in [0.2, 0.25) is 0 Å². The number of hydrogen-bond donors (Lipinski definition) is 0. The SMILES string of the molecule is COC1CCC2C(C1)C(=O)C1C2CCC2C(=O)C3CC(OC(F)(F)F)CCC3C21. The average molecular weight is 414 g/mol. The largest absolute Gasteiger partial charge is 0.522 e. The Morgan fingerprint density at radius 1 is 0.759 bits per heavy atom. The van der Waals surface area contributed by atoms with Crippen LogP contribution in [0.4, 0.5) is 13.2 Å². The van der Waals surface area contributed by atoms with E-state index in [1.54, 1.807) is 7.11 Å². The van der Waals surface area contributed by atoms with Crippen molar-refractivity contribution in [3.63, 3.8) is 0 Å². The molecule has 10 unspecified atom stereocenters. The maximum absolute atomic E-state index is 13.5. The molecule has 5 saturated carbocycles. The molecule has 5 fully saturated rings. The molecular weight excluding hydrogens is 385 g/mol. The van der Waals surface area contributed by atoms with Crippen molar-refractivity contribution in [1.29, 1.82) is 0 Å². The fraction of sp³-hybridized carbons (Fsp3) is 0.909. The first kappa shape index (κ1) is 20.0. The standard InChI is InChI=1S/C22H29F3O4/c1-28-10-2-4-12-13-6-7-15-18(19(13)21(27)16(12)8-10)14-5-3-11(29-22(23,24)25)9-17(14)20(15)26/h10-19H,2-9H2,1H3. The van der Waals surface area contributed by atoms with Crippen LogP contribution in [0.15, 0.2) is 0 Å². The molecule has 29 heavy (non-hydrogen) atoms. The molecule has 5 rings (SSSR count). The van der Waals surface area contributed by atoms with E-state index in [9.17, 15) is 22.8 Å². The monoisotopic (exact) mass is 414 g/mol. The van der Waals surface area contributed by atoms with Crippen LogP contribution in [0.3, 0.4) is 0 Å². The second-order valence-corrected chi connectivity index (χ2v) is 9.97. The highest BCUT2D eigenvalue weighted by atomic mass is 19.4. The van der Waals surface area contributed by atoms with E-state index in [0.29, 0.717) is 30.5 Å².